The molecule has 0 bridgehead atoms. The quantitative estimate of drug-likeness (QED) is 0.554. The number of hydrogen-bond donors (Lipinski definition) is 1. The van der Waals surface area contributed by atoms with Crippen LogP contribution in [-0.2, 0) is 9.53 Å². The highest BCUT2D eigenvalue weighted by Crippen LogP contribution is 2.27. The van der Waals surface area contributed by atoms with Crippen LogP contribution in [0.4, 0.5) is 0 Å². The maximum atomic E-state index is 10.8. The van der Waals surface area contributed by atoms with Crippen molar-refractivity contribution in [1.82, 2.24) is 0 Å². The number of carbonyl (C=O) groups excluding carboxylic acids is 1. The van der Waals surface area contributed by atoms with Gasteiger partial charge in [-0.1, -0.05) is 23.8 Å². The monoisotopic (exact) mass is 223 g/mol. The Morgan fingerprint density at radius 3 is 3.12 bits per heavy atom. The lowest BCUT2D eigenvalue weighted by Crippen LogP contribution is -2.13. The van der Waals surface area contributed by atoms with Gasteiger partial charge in [0, 0.05) is 6.42 Å². The van der Waals surface area contributed by atoms with Gasteiger partial charge in [-0.2, -0.15) is 0 Å². The Hall–Kier alpha value is -1.09. The van der Waals surface area contributed by atoms with Crippen molar-refractivity contribution in [2.75, 3.05) is 13.7 Å². The molecule has 1 rings (SSSR count). The predicted molar refractivity (Wildman–Crippen MR) is 64.9 cm³/mol. The van der Waals surface area contributed by atoms with Crippen molar-refractivity contribution in [3.63, 3.8) is 0 Å². The SMILES string of the molecule is COC(=O)CC/C=C\CC1=CCC[C@@H]1CN. The second kappa shape index (κ2) is 7.23. The van der Waals surface area contributed by atoms with E-state index in [9.17, 15) is 4.79 Å². The van der Waals surface area contributed by atoms with Crippen molar-refractivity contribution < 1.29 is 9.53 Å². The standard InChI is InChI=1S/C13H21NO2/c1-16-13(15)9-4-2-3-6-11-7-5-8-12(11)10-14/h2-3,7,12H,4-6,8-10,14H2,1H3/b3-2-/t12-/m1/s1. The third-order valence-corrected chi connectivity index (χ3v) is 2.99. The first-order chi connectivity index (χ1) is 7.77. The van der Waals surface area contributed by atoms with E-state index in [0.29, 0.717) is 12.3 Å². The summed E-state index contributed by atoms with van der Waals surface area (Å²) in [4.78, 5) is 10.8. The molecule has 0 saturated heterocycles. The number of rotatable bonds is 6. The van der Waals surface area contributed by atoms with Gasteiger partial charge in [0.15, 0.2) is 0 Å². The normalized spacial score (nSPS) is 20.1. The van der Waals surface area contributed by atoms with Gasteiger partial charge in [0.05, 0.1) is 7.11 Å². The van der Waals surface area contributed by atoms with E-state index in [-0.39, 0.29) is 5.97 Å². The maximum Gasteiger partial charge on any atom is 0.305 e. The Morgan fingerprint density at radius 2 is 2.44 bits per heavy atom. The van der Waals surface area contributed by atoms with Gasteiger partial charge < -0.3 is 10.5 Å². The van der Waals surface area contributed by atoms with Gasteiger partial charge in [-0.25, -0.2) is 0 Å². The lowest BCUT2D eigenvalue weighted by Gasteiger charge is -2.09. The molecule has 0 aliphatic heterocycles. The number of carbonyl (C=O) groups is 1. The number of nitrogens with two attached hydrogens (primary N) is 1. The molecule has 2 N–H and O–H groups in total. The highest BCUT2D eigenvalue weighted by atomic mass is 16.5. The third-order valence-electron chi connectivity index (χ3n) is 2.99. The van der Waals surface area contributed by atoms with Crippen molar-refractivity contribution in [3.05, 3.63) is 23.8 Å². The van der Waals surface area contributed by atoms with E-state index in [1.807, 2.05) is 6.08 Å². The van der Waals surface area contributed by atoms with Crippen LogP contribution in [-0.4, -0.2) is 19.6 Å². The Morgan fingerprint density at radius 1 is 1.62 bits per heavy atom. The second-order valence-corrected chi connectivity index (χ2v) is 4.08. The van der Waals surface area contributed by atoms with Crippen molar-refractivity contribution in [2.24, 2.45) is 11.7 Å². The molecule has 3 nitrogen and oxygen atoms in total. The lowest BCUT2D eigenvalue weighted by molar-refractivity contribution is -0.140. The minimum atomic E-state index is -0.149. The average Bonchev–Trinajstić information content (AvgIpc) is 2.75. The van der Waals surface area contributed by atoms with Gasteiger partial charge in [0.25, 0.3) is 0 Å². The smallest absolute Gasteiger partial charge is 0.305 e. The second-order valence-electron chi connectivity index (χ2n) is 4.08. The molecule has 0 aromatic heterocycles. The molecule has 1 aliphatic carbocycles. The fourth-order valence-corrected chi connectivity index (χ4v) is 1.98. The van der Waals surface area contributed by atoms with Crippen molar-refractivity contribution in [1.29, 1.82) is 0 Å². The van der Waals surface area contributed by atoms with E-state index < -0.39 is 0 Å². The van der Waals surface area contributed by atoms with Crippen LogP contribution in [0.25, 0.3) is 0 Å². The van der Waals surface area contributed by atoms with Gasteiger partial charge in [-0.3, -0.25) is 4.79 Å². The molecule has 0 aromatic carbocycles. The summed E-state index contributed by atoms with van der Waals surface area (Å²) in [5.41, 5.74) is 7.14. The molecule has 0 radical (unpaired) electrons. The van der Waals surface area contributed by atoms with Gasteiger partial charge in [0.1, 0.15) is 0 Å². The molecular weight excluding hydrogens is 202 g/mol. The summed E-state index contributed by atoms with van der Waals surface area (Å²) in [6, 6.07) is 0. The zero-order chi connectivity index (χ0) is 11.8. The summed E-state index contributed by atoms with van der Waals surface area (Å²) in [6.07, 6.45) is 11.0. The van der Waals surface area contributed by atoms with Crippen LogP contribution in [0.2, 0.25) is 0 Å². The van der Waals surface area contributed by atoms with E-state index in [1.165, 1.54) is 19.1 Å². The molecule has 0 amide bonds. The zero-order valence-electron chi connectivity index (χ0n) is 9.95. The summed E-state index contributed by atoms with van der Waals surface area (Å²) < 4.78 is 4.56. The Labute approximate surface area is 97.3 Å². The Balaban J connectivity index is 2.19. The molecule has 0 aromatic rings. The van der Waals surface area contributed by atoms with Gasteiger partial charge in [-0.15, -0.1) is 0 Å². The lowest BCUT2D eigenvalue weighted by atomic mass is 9.99. The maximum absolute atomic E-state index is 10.8. The van der Waals surface area contributed by atoms with E-state index >= 15 is 0 Å². The van der Waals surface area contributed by atoms with Crippen molar-refractivity contribution in [3.8, 4) is 0 Å². The number of hydrogen-bond acceptors (Lipinski definition) is 3. The number of methoxy groups -OCH3 is 1. The van der Waals surface area contributed by atoms with Crippen LogP contribution in [0.1, 0.15) is 32.1 Å². The molecule has 1 aliphatic rings. The first-order valence-corrected chi connectivity index (χ1v) is 5.88. The van der Waals surface area contributed by atoms with Crippen LogP contribution in [0.3, 0.4) is 0 Å². The highest BCUT2D eigenvalue weighted by molar-refractivity contribution is 5.69. The molecule has 1 atom stereocenters. The summed E-state index contributed by atoms with van der Waals surface area (Å²) >= 11 is 0. The van der Waals surface area contributed by atoms with E-state index in [4.69, 9.17) is 5.73 Å². The molecule has 0 unspecified atom stereocenters. The first-order valence-electron chi connectivity index (χ1n) is 5.88. The number of allylic oxidation sites excluding steroid dienone is 3. The van der Waals surface area contributed by atoms with Crippen LogP contribution < -0.4 is 5.73 Å². The van der Waals surface area contributed by atoms with Crippen LogP contribution >= 0.6 is 0 Å². The van der Waals surface area contributed by atoms with E-state index in [1.54, 1.807) is 0 Å². The van der Waals surface area contributed by atoms with Gasteiger partial charge in [-0.05, 0) is 38.1 Å². The first kappa shape index (κ1) is 13.0. The Bertz CT molecular complexity index is 282. The molecule has 0 spiro atoms. The minimum Gasteiger partial charge on any atom is -0.469 e. The third kappa shape index (κ3) is 4.19. The number of esters is 1. The molecule has 16 heavy (non-hydrogen) atoms. The minimum absolute atomic E-state index is 0.149. The molecular formula is C13H21NO2. The molecule has 0 heterocycles. The van der Waals surface area contributed by atoms with E-state index in [0.717, 1.165) is 25.8 Å². The highest BCUT2D eigenvalue weighted by Gasteiger charge is 2.15. The van der Waals surface area contributed by atoms with Crippen molar-refractivity contribution in [2.45, 2.75) is 32.1 Å². The van der Waals surface area contributed by atoms with Crippen LogP contribution in [0.5, 0.6) is 0 Å². The zero-order valence-corrected chi connectivity index (χ0v) is 9.95. The van der Waals surface area contributed by atoms with Gasteiger partial charge in [0.2, 0.25) is 0 Å². The predicted octanol–water partition coefficient (Wildman–Crippen LogP) is 2.18. The van der Waals surface area contributed by atoms with E-state index in [2.05, 4.69) is 16.9 Å². The number of ether oxygens (including phenoxy) is 1. The largest absolute Gasteiger partial charge is 0.469 e. The van der Waals surface area contributed by atoms with Gasteiger partial charge >= 0.3 is 5.97 Å². The average molecular weight is 223 g/mol. The summed E-state index contributed by atoms with van der Waals surface area (Å²) in [5, 5.41) is 0. The Kier molecular flexibility index (Phi) is 5.86. The van der Waals surface area contributed by atoms with Crippen molar-refractivity contribution >= 4 is 5.97 Å². The summed E-state index contributed by atoms with van der Waals surface area (Å²) in [6.45, 7) is 0.752. The fourth-order valence-electron chi connectivity index (χ4n) is 1.98. The summed E-state index contributed by atoms with van der Waals surface area (Å²) in [7, 11) is 1.42. The molecule has 3 heteroatoms. The van der Waals surface area contributed by atoms with Crippen LogP contribution in [0.15, 0.2) is 23.8 Å². The molecule has 0 saturated carbocycles. The molecule has 0 fully saturated rings. The topological polar surface area (TPSA) is 52.3 Å². The fraction of sp³-hybridized carbons (Fsp3) is 0.615. The molecule has 90 valence electrons. The summed E-state index contributed by atoms with van der Waals surface area (Å²) in [5.74, 6) is 0.426. The van der Waals surface area contributed by atoms with Crippen LogP contribution in [0, 0.1) is 5.92 Å².